The fourth-order valence-corrected chi connectivity index (χ4v) is 3.71. The second kappa shape index (κ2) is 12.9. The predicted molar refractivity (Wildman–Crippen MR) is 130 cm³/mol. The number of hydrogen-bond donors (Lipinski definition) is 1. The van der Waals surface area contributed by atoms with Gasteiger partial charge in [-0.15, -0.1) is 12.4 Å². The van der Waals surface area contributed by atoms with Gasteiger partial charge in [0.05, 0.1) is 11.1 Å². The van der Waals surface area contributed by atoms with E-state index in [1.54, 1.807) is 0 Å². The van der Waals surface area contributed by atoms with Crippen molar-refractivity contribution in [3.8, 4) is 11.5 Å². The SMILES string of the molecule is CCOc1cc(CNCCc2ccc(F)cc2)cc(Br)c1OCc1ccc(Cl)cc1.Cl. The van der Waals surface area contributed by atoms with Gasteiger partial charge in [-0.25, -0.2) is 4.39 Å². The first-order valence-electron chi connectivity index (χ1n) is 9.82. The highest BCUT2D eigenvalue weighted by atomic mass is 79.9. The van der Waals surface area contributed by atoms with E-state index in [2.05, 4.69) is 21.2 Å². The molecular formula is C24H25BrCl2FNO2. The van der Waals surface area contributed by atoms with Crippen molar-refractivity contribution in [3.63, 3.8) is 0 Å². The molecule has 3 rings (SSSR count). The second-order valence-electron chi connectivity index (χ2n) is 6.81. The molecule has 31 heavy (non-hydrogen) atoms. The van der Waals surface area contributed by atoms with Crippen molar-refractivity contribution in [2.75, 3.05) is 13.2 Å². The van der Waals surface area contributed by atoms with Gasteiger partial charge in [-0.2, -0.15) is 0 Å². The molecule has 0 aliphatic rings. The Morgan fingerprint density at radius 1 is 0.935 bits per heavy atom. The van der Waals surface area contributed by atoms with Crippen LogP contribution >= 0.6 is 39.9 Å². The fraction of sp³-hybridized carbons (Fsp3) is 0.250. The summed E-state index contributed by atoms with van der Waals surface area (Å²) in [4.78, 5) is 0. The van der Waals surface area contributed by atoms with Gasteiger partial charge in [-0.1, -0.05) is 35.9 Å². The summed E-state index contributed by atoms with van der Waals surface area (Å²) in [6, 6.07) is 18.2. The largest absolute Gasteiger partial charge is 0.490 e. The first-order chi connectivity index (χ1) is 14.5. The number of nitrogens with one attached hydrogen (secondary N) is 1. The molecule has 0 bridgehead atoms. The summed E-state index contributed by atoms with van der Waals surface area (Å²) in [5, 5.41) is 4.12. The average Bonchev–Trinajstić information content (AvgIpc) is 2.73. The van der Waals surface area contributed by atoms with Gasteiger partial charge in [0.25, 0.3) is 0 Å². The Hall–Kier alpha value is -1.79. The van der Waals surface area contributed by atoms with Gasteiger partial charge in [0.2, 0.25) is 0 Å². The molecule has 0 unspecified atom stereocenters. The molecule has 3 nitrogen and oxygen atoms in total. The van der Waals surface area contributed by atoms with Gasteiger partial charge in [0.1, 0.15) is 12.4 Å². The lowest BCUT2D eigenvalue weighted by Crippen LogP contribution is -2.17. The van der Waals surface area contributed by atoms with E-state index in [9.17, 15) is 4.39 Å². The number of halogens is 4. The van der Waals surface area contributed by atoms with Crippen LogP contribution < -0.4 is 14.8 Å². The van der Waals surface area contributed by atoms with Crippen LogP contribution in [0, 0.1) is 5.82 Å². The van der Waals surface area contributed by atoms with Crippen LogP contribution in [0.1, 0.15) is 23.6 Å². The van der Waals surface area contributed by atoms with E-state index in [0.29, 0.717) is 36.3 Å². The zero-order valence-electron chi connectivity index (χ0n) is 17.2. The van der Waals surface area contributed by atoms with Crippen LogP contribution in [0.5, 0.6) is 11.5 Å². The molecule has 0 amide bonds. The van der Waals surface area contributed by atoms with Gasteiger partial charge < -0.3 is 14.8 Å². The quantitative estimate of drug-likeness (QED) is 0.288. The highest BCUT2D eigenvalue weighted by Crippen LogP contribution is 2.37. The Balaban J connectivity index is 0.00000341. The van der Waals surface area contributed by atoms with Crippen LogP contribution in [-0.2, 0) is 19.6 Å². The van der Waals surface area contributed by atoms with Crippen molar-refractivity contribution in [2.45, 2.75) is 26.5 Å². The molecule has 0 fully saturated rings. The normalized spacial score (nSPS) is 10.5. The zero-order chi connectivity index (χ0) is 21.3. The van der Waals surface area contributed by atoms with E-state index >= 15 is 0 Å². The Labute approximate surface area is 202 Å². The third kappa shape index (κ3) is 8.00. The molecule has 0 radical (unpaired) electrons. The van der Waals surface area contributed by atoms with E-state index in [1.807, 2.05) is 55.5 Å². The van der Waals surface area contributed by atoms with Crippen LogP contribution in [0.25, 0.3) is 0 Å². The standard InChI is InChI=1S/C24H24BrClFNO2.ClH/c1-2-29-23-14-19(15-28-12-11-17-5-9-21(27)10-6-17)13-22(25)24(23)30-16-18-3-7-20(26)8-4-18;/h3-10,13-14,28H,2,11-12,15-16H2,1H3;1H. The topological polar surface area (TPSA) is 30.5 Å². The summed E-state index contributed by atoms with van der Waals surface area (Å²) in [5.74, 6) is 1.18. The third-order valence-corrected chi connectivity index (χ3v) is 5.34. The molecule has 0 saturated heterocycles. The van der Waals surface area contributed by atoms with E-state index in [1.165, 1.54) is 12.1 Å². The maximum absolute atomic E-state index is 13.0. The third-order valence-electron chi connectivity index (χ3n) is 4.50. The molecule has 0 atom stereocenters. The smallest absolute Gasteiger partial charge is 0.175 e. The predicted octanol–water partition coefficient (Wildman–Crippen LogP) is 6.97. The molecule has 0 aliphatic carbocycles. The minimum atomic E-state index is -0.210. The summed E-state index contributed by atoms with van der Waals surface area (Å²) in [6.07, 6.45) is 0.835. The van der Waals surface area contributed by atoms with Gasteiger partial charge >= 0.3 is 0 Å². The van der Waals surface area contributed by atoms with E-state index < -0.39 is 0 Å². The van der Waals surface area contributed by atoms with Crippen molar-refractivity contribution in [2.24, 2.45) is 0 Å². The molecule has 7 heteroatoms. The number of ether oxygens (including phenoxy) is 2. The maximum Gasteiger partial charge on any atom is 0.175 e. The van der Waals surface area contributed by atoms with Gasteiger partial charge in [-0.05, 0) is 88.9 Å². The van der Waals surface area contributed by atoms with Gasteiger partial charge in [0, 0.05) is 11.6 Å². The van der Waals surface area contributed by atoms with Crippen molar-refractivity contribution in [1.29, 1.82) is 0 Å². The highest BCUT2D eigenvalue weighted by Gasteiger charge is 2.13. The average molecular weight is 529 g/mol. The van der Waals surface area contributed by atoms with Crippen molar-refractivity contribution in [3.05, 3.63) is 92.7 Å². The Kier molecular flexibility index (Phi) is 10.6. The highest BCUT2D eigenvalue weighted by molar-refractivity contribution is 9.10. The zero-order valence-corrected chi connectivity index (χ0v) is 20.3. The minimum absolute atomic E-state index is 0. The van der Waals surface area contributed by atoms with E-state index in [0.717, 1.165) is 34.1 Å². The van der Waals surface area contributed by atoms with E-state index in [-0.39, 0.29) is 18.2 Å². The molecule has 0 saturated carbocycles. The van der Waals surface area contributed by atoms with Crippen LogP contribution in [0.4, 0.5) is 4.39 Å². The molecule has 0 spiro atoms. The van der Waals surface area contributed by atoms with Gasteiger partial charge in [-0.3, -0.25) is 0 Å². The molecule has 3 aromatic carbocycles. The summed E-state index contributed by atoms with van der Waals surface area (Å²) >= 11 is 9.56. The maximum atomic E-state index is 13.0. The first kappa shape index (κ1) is 25.5. The van der Waals surface area contributed by atoms with Crippen molar-refractivity contribution >= 4 is 39.9 Å². The molecule has 3 aromatic rings. The Morgan fingerprint density at radius 2 is 1.61 bits per heavy atom. The van der Waals surface area contributed by atoms with Crippen molar-refractivity contribution in [1.82, 2.24) is 5.32 Å². The first-order valence-corrected chi connectivity index (χ1v) is 11.0. The molecule has 166 valence electrons. The Morgan fingerprint density at radius 3 is 2.29 bits per heavy atom. The lowest BCUT2D eigenvalue weighted by Gasteiger charge is -2.16. The number of hydrogen-bond acceptors (Lipinski definition) is 3. The van der Waals surface area contributed by atoms with Gasteiger partial charge in [0.15, 0.2) is 11.5 Å². The molecule has 1 N–H and O–H groups in total. The number of benzene rings is 3. The second-order valence-corrected chi connectivity index (χ2v) is 8.10. The monoisotopic (exact) mass is 527 g/mol. The summed E-state index contributed by atoms with van der Waals surface area (Å²) < 4.78 is 25.7. The summed E-state index contributed by atoms with van der Waals surface area (Å²) in [7, 11) is 0. The van der Waals surface area contributed by atoms with Crippen LogP contribution in [0.15, 0.2) is 65.1 Å². The van der Waals surface area contributed by atoms with Crippen LogP contribution in [-0.4, -0.2) is 13.2 Å². The molecule has 0 aromatic heterocycles. The summed E-state index contributed by atoms with van der Waals surface area (Å²) in [6.45, 7) is 4.40. The number of rotatable bonds is 10. The lowest BCUT2D eigenvalue weighted by atomic mass is 10.1. The fourth-order valence-electron chi connectivity index (χ4n) is 2.98. The molecular weight excluding hydrogens is 504 g/mol. The van der Waals surface area contributed by atoms with Crippen LogP contribution in [0.3, 0.4) is 0 Å². The minimum Gasteiger partial charge on any atom is -0.490 e. The van der Waals surface area contributed by atoms with Crippen LogP contribution in [0.2, 0.25) is 5.02 Å². The molecule has 0 heterocycles. The van der Waals surface area contributed by atoms with Crippen molar-refractivity contribution < 1.29 is 13.9 Å². The lowest BCUT2D eigenvalue weighted by molar-refractivity contribution is 0.267. The summed E-state index contributed by atoms with van der Waals surface area (Å²) in [5.41, 5.74) is 3.22. The van der Waals surface area contributed by atoms with E-state index in [4.69, 9.17) is 21.1 Å². The Bertz CT molecular complexity index is 953. The molecule has 0 aliphatic heterocycles.